The molecule has 1 amide bonds. The van der Waals surface area contributed by atoms with Crippen molar-refractivity contribution in [1.29, 1.82) is 0 Å². The minimum Gasteiger partial charge on any atom is -0.497 e. The Morgan fingerprint density at radius 2 is 1.72 bits per heavy atom. The summed E-state index contributed by atoms with van der Waals surface area (Å²) in [6.45, 7) is 3.37. The van der Waals surface area contributed by atoms with Crippen LogP contribution in [0, 0.1) is 0 Å². The van der Waals surface area contributed by atoms with Gasteiger partial charge in [-0.25, -0.2) is 15.0 Å². The molecule has 4 rings (SSSR count). The Kier molecular flexibility index (Phi) is 5.46. The lowest BCUT2D eigenvalue weighted by Gasteiger charge is -2.35. The first-order valence-corrected chi connectivity index (χ1v) is 9.27. The van der Waals surface area contributed by atoms with Gasteiger partial charge in [0.25, 0.3) is 5.91 Å². The van der Waals surface area contributed by atoms with Gasteiger partial charge in [0.05, 0.1) is 19.5 Å². The van der Waals surface area contributed by atoms with Crippen LogP contribution in [0.1, 0.15) is 10.5 Å². The average molecular weight is 391 g/mol. The van der Waals surface area contributed by atoms with E-state index in [9.17, 15) is 4.79 Å². The Hall–Kier alpha value is -3.75. The summed E-state index contributed by atoms with van der Waals surface area (Å²) in [5, 5.41) is 2.70. The number of carbonyl (C=O) groups is 1. The summed E-state index contributed by atoms with van der Waals surface area (Å²) >= 11 is 0. The monoisotopic (exact) mass is 391 g/mol. The minimum atomic E-state index is -0.366. The van der Waals surface area contributed by atoms with Gasteiger partial charge in [-0.15, -0.1) is 0 Å². The van der Waals surface area contributed by atoms with Crippen molar-refractivity contribution in [2.45, 2.75) is 0 Å². The number of methoxy groups -OCH3 is 1. The predicted octanol–water partition coefficient (Wildman–Crippen LogP) is 1.85. The van der Waals surface area contributed by atoms with Crippen molar-refractivity contribution in [1.82, 2.24) is 19.9 Å². The molecule has 148 valence electrons. The molecule has 9 nitrogen and oxygen atoms in total. The number of amides is 1. The van der Waals surface area contributed by atoms with Gasteiger partial charge in [-0.2, -0.15) is 0 Å². The molecule has 1 aliphatic rings. The van der Waals surface area contributed by atoms with Crippen LogP contribution in [-0.4, -0.2) is 59.1 Å². The molecule has 29 heavy (non-hydrogen) atoms. The number of piperazine rings is 1. The molecular formula is C20H21N7O2. The van der Waals surface area contributed by atoms with E-state index >= 15 is 0 Å². The van der Waals surface area contributed by atoms with E-state index in [1.165, 1.54) is 13.3 Å². The highest BCUT2D eigenvalue weighted by molar-refractivity contribution is 6.02. The highest BCUT2D eigenvalue weighted by Gasteiger charge is 2.19. The van der Waals surface area contributed by atoms with E-state index in [0.717, 1.165) is 37.8 Å². The summed E-state index contributed by atoms with van der Waals surface area (Å²) in [6.07, 6.45) is 6.55. The molecule has 1 fully saturated rings. The second-order valence-electron chi connectivity index (χ2n) is 6.46. The molecule has 1 saturated heterocycles. The van der Waals surface area contributed by atoms with Gasteiger partial charge in [0.15, 0.2) is 5.82 Å². The van der Waals surface area contributed by atoms with Crippen molar-refractivity contribution in [3.05, 3.63) is 60.8 Å². The Balaban J connectivity index is 1.35. The lowest BCUT2D eigenvalue weighted by molar-refractivity contribution is 0.102. The lowest BCUT2D eigenvalue weighted by atomic mass is 10.3. The lowest BCUT2D eigenvalue weighted by Crippen LogP contribution is -2.47. The van der Waals surface area contributed by atoms with Crippen molar-refractivity contribution >= 4 is 23.4 Å². The molecule has 9 heteroatoms. The fourth-order valence-electron chi connectivity index (χ4n) is 3.10. The van der Waals surface area contributed by atoms with Gasteiger partial charge >= 0.3 is 0 Å². The number of hydrogen-bond acceptors (Lipinski definition) is 8. The van der Waals surface area contributed by atoms with Crippen LogP contribution in [0.3, 0.4) is 0 Å². The van der Waals surface area contributed by atoms with E-state index < -0.39 is 0 Å². The van der Waals surface area contributed by atoms with Crippen molar-refractivity contribution in [3.63, 3.8) is 0 Å². The SMILES string of the molecule is COc1ccnc(C(=O)Nc2cnc(N3CCN(c4ccccn4)CC3)cn2)c1. The second kappa shape index (κ2) is 8.51. The van der Waals surface area contributed by atoms with Crippen LogP contribution < -0.4 is 19.9 Å². The molecule has 0 unspecified atom stereocenters. The zero-order valence-electron chi connectivity index (χ0n) is 16.0. The largest absolute Gasteiger partial charge is 0.497 e. The summed E-state index contributed by atoms with van der Waals surface area (Å²) in [5.41, 5.74) is 0.251. The third-order valence-corrected chi connectivity index (χ3v) is 4.66. The summed E-state index contributed by atoms with van der Waals surface area (Å²) in [5.74, 6) is 2.34. The number of aromatic nitrogens is 4. The first kappa shape index (κ1) is 18.6. The second-order valence-corrected chi connectivity index (χ2v) is 6.46. The van der Waals surface area contributed by atoms with Crippen LogP contribution in [0.25, 0.3) is 0 Å². The first-order valence-electron chi connectivity index (χ1n) is 9.27. The maximum Gasteiger partial charge on any atom is 0.275 e. The van der Waals surface area contributed by atoms with E-state index in [0.29, 0.717) is 11.6 Å². The molecular weight excluding hydrogens is 370 g/mol. The number of rotatable bonds is 5. The van der Waals surface area contributed by atoms with Gasteiger partial charge in [0.2, 0.25) is 0 Å². The fourth-order valence-corrected chi connectivity index (χ4v) is 3.10. The standard InChI is InChI=1S/C20H21N7O2/c1-29-15-5-7-21-16(12-15)20(28)25-17-13-24-19(14-23-17)27-10-8-26(9-11-27)18-4-2-3-6-22-18/h2-7,12-14H,8-11H2,1H3,(H,23,25,28). The topological polar surface area (TPSA) is 96.4 Å². The minimum absolute atomic E-state index is 0.251. The Morgan fingerprint density at radius 1 is 0.931 bits per heavy atom. The van der Waals surface area contributed by atoms with E-state index in [-0.39, 0.29) is 11.6 Å². The van der Waals surface area contributed by atoms with Crippen molar-refractivity contribution in [2.75, 3.05) is 48.4 Å². The van der Waals surface area contributed by atoms with Gasteiger partial charge < -0.3 is 19.9 Å². The number of pyridine rings is 2. The molecule has 0 aromatic carbocycles. The van der Waals surface area contributed by atoms with Crippen LogP contribution >= 0.6 is 0 Å². The molecule has 3 aromatic heterocycles. The van der Waals surface area contributed by atoms with Crippen LogP contribution in [-0.2, 0) is 0 Å². The highest BCUT2D eigenvalue weighted by Crippen LogP contribution is 2.18. The molecule has 0 atom stereocenters. The molecule has 0 saturated carbocycles. The van der Waals surface area contributed by atoms with Crippen LogP contribution in [0.5, 0.6) is 5.75 Å². The molecule has 1 N–H and O–H groups in total. The number of ether oxygens (including phenoxy) is 1. The summed E-state index contributed by atoms with van der Waals surface area (Å²) in [4.78, 5) is 34.0. The molecule has 0 radical (unpaired) electrons. The van der Waals surface area contributed by atoms with Crippen LogP contribution in [0.2, 0.25) is 0 Å². The number of anilines is 3. The fraction of sp³-hybridized carbons (Fsp3) is 0.250. The molecule has 3 aromatic rings. The summed E-state index contributed by atoms with van der Waals surface area (Å²) in [7, 11) is 1.54. The van der Waals surface area contributed by atoms with Crippen molar-refractivity contribution in [3.8, 4) is 5.75 Å². The van der Waals surface area contributed by atoms with Crippen LogP contribution in [0.4, 0.5) is 17.5 Å². The Bertz CT molecular complexity index is 958. The van der Waals surface area contributed by atoms with E-state index in [1.54, 1.807) is 30.7 Å². The number of hydrogen-bond donors (Lipinski definition) is 1. The van der Waals surface area contributed by atoms with Crippen LogP contribution in [0.15, 0.2) is 55.1 Å². The summed E-state index contributed by atoms with van der Waals surface area (Å²) < 4.78 is 5.11. The van der Waals surface area contributed by atoms with Crippen molar-refractivity contribution in [2.24, 2.45) is 0 Å². The van der Waals surface area contributed by atoms with E-state index in [1.807, 2.05) is 18.2 Å². The van der Waals surface area contributed by atoms with Gasteiger partial charge in [0, 0.05) is 44.6 Å². The third kappa shape index (κ3) is 4.40. The van der Waals surface area contributed by atoms with E-state index in [2.05, 4.69) is 35.1 Å². The normalized spacial score (nSPS) is 13.8. The average Bonchev–Trinajstić information content (AvgIpc) is 2.80. The smallest absolute Gasteiger partial charge is 0.275 e. The van der Waals surface area contributed by atoms with Gasteiger partial charge in [-0.1, -0.05) is 6.07 Å². The number of nitrogens with one attached hydrogen (secondary N) is 1. The number of carbonyl (C=O) groups excluding carboxylic acids is 1. The van der Waals surface area contributed by atoms with Crippen molar-refractivity contribution < 1.29 is 9.53 Å². The Labute approximate surface area is 168 Å². The highest BCUT2D eigenvalue weighted by atomic mass is 16.5. The zero-order chi connectivity index (χ0) is 20.1. The third-order valence-electron chi connectivity index (χ3n) is 4.66. The van der Waals surface area contributed by atoms with Gasteiger partial charge in [-0.05, 0) is 18.2 Å². The molecule has 0 bridgehead atoms. The molecule has 0 spiro atoms. The quantitative estimate of drug-likeness (QED) is 0.704. The molecule has 1 aliphatic heterocycles. The maximum atomic E-state index is 12.3. The van der Waals surface area contributed by atoms with E-state index in [4.69, 9.17) is 4.74 Å². The maximum absolute atomic E-state index is 12.3. The number of nitrogens with zero attached hydrogens (tertiary/aromatic N) is 6. The van der Waals surface area contributed by atoms with Gasteiger partial charge in [0.1, 0.15) is 23.1 Å². The molecule has 4 heterocycles. The predicted molar refractivity (Wildman–Crippen MR) is 109 cm³/mol. The van der Waals surface area contributed by atoms with Gasteiger partial charge in [-0.3, -0.25) is 9.78 Å². The Morgan fingerprint density at radius 3 is 2.38 bits per heavy atom. The molecule has 0 aliphatic carbocycles. The summed E-state index contributed by atoms with van der Waals surface area (Å²) in [6, 6.07) is 9.18. The zero-order valence-corrected chi connectivity index (χ0v) is 16.0. The first-order chi connectivity index (χ1) is 14.2.